The summed E-state index contributed by atoms with van der Waals surface area (Å²) in [6.07, 6.45) is 4.31. The van der Waals surface area contributed by atoms with Crippen molar-refractivity contribution in [3.8, 4) is 11.1 Å². The lowest BCUT2D eigenvalue weighted by molar-refractivity contribution is 0.206. The topological polar surface area (TPSA) is 63.9 Å². The summed E-state index contributed by atoms with van der Waals surface area (Å²) in [5.74, 6) is -0.598. The van der Waals surface area contributed by atoms with Gasteiger partial charge >= 0.3 is 6.03 Å². The van der Waals surface area contributed by atoms with Crippen LogP contribution in [0.3, 0.4) is 0 Å². The Morgan fingerprint density at radius 3 is 2.42 bits per heavy atom. The zero-order chi connectivity index (χ0) is 22.5. The van der Waals surface area contributed by atoms with Crippen molar-refractivity contribution in [3.63, 3.8) is 0 Å². The molecule has 2 amide bonds. The van der Waals surface area contributed by atoms with Crippen LogP contribution in [0.1, 0.15) is 11.1 Å². The van der Waals surface area contributed by atoms with E-state index in [0.29, 0.717) is 30.7 Å². The van der Waals surface area contributed by atoms with Crippen LogP contribution < -0.4 is 5.32 Å². The van der Waals surface area contributed by atoms with E-state index in [0.717, 1.165) is 33.0 Å². The van der Waals surface area contributed by atoms with Crippen LogP contribution in [0.5, 0.6) is 0 Å². The highest BCUT2D eigenvalue weighted by Crippen LogP contribution is 2.35. The molecular weight excluding hydrogens is 422 g/mol. The fourth-order valence-electron chi connectivity index (χ4n) is 4.75. The van der Waals surface area contributed by atoms with Crippen molar-refractivity contribution in [1.29, 1.82) is 0 Å². The monoisotopic (exact) mass is 442 g/mol. The average Bonchev–Trinajstić information content (AvgIpc) is 3.41. The molecule has 6 rings (SSSR count). The highest BCUT2D eigenvalue weighted by molar-refractivity contribution is 6.01. The van der Waals surface area contributed by atoms with E-state index < -0.39 is 0 Å². The summed E-state index contributed by atoms with van der Waals surface area (Å²) in [5, 5.41) is 4.69. The van der Waals surface area contributed by atoms with Crippen LogP contribution in [0, 0.1) is 11.6 Å². The molecule has 0 atom stereocenters. The second-order valence-electron chi connectivity index (χ2n) is 8.33. The predicted octanol–water partition coefficient (Wildman–Crippen LogP) is 6.18. The lowest BCUT2D eigenvalue weighted by atomic mass is 9.90. The van der Waals surface area contributed by atoms with E-state index in [-0.39, 0.29) is 17.7 Å². The number of halogens is 2. The number of benzene rings is 3. The number of nitrogens with one attached hydrogen (secondary N) is 3. The number of urea groups is 1. The first-order valence-electron chi connectivity index (χ1n) is 10.8. The Hall–Kier alpha value is -4.13. The number of H-pyrrole nitrogens is 2. The average molecular weight is 442 g/mol. The van der Waals surface area contributed by atoms with E-state index in [4.69, 9.17) is 0 Å². The molecule has 0 saturated heterocycles. The minimum atomic E-state index is -0.328. The van der Waals surface area contributed by atoms with Crippen molar-refractivity contribution in [1.82, 2.24) is 14.9 Å². The zero-order valence-electron chi connectivity index (χ0n) is 17.6. The Balaban J connectivity index is 1.27. The predicted molar refractivity (Wildman–Crippen MR) is 125 cm³/mol. The molecule has 0 unspecified atom stereocenters. The number of hydrogen-bond acceptors (Lipinski definition) is 1. The maximum Gasteiger partial charge on any atom is 0.322 e. The third kappa shape index (κ3) is 3.33. The SMILES string of the molecule is O=C(Nc1c[nH]c2cc(F)ccc12)N1CCc2c(cccc2-c2c[nH]c3cc(F)ccc23)C1. The fourth-order valence-corrected chi connectivity index (χ4v) is 4.75. The van der Waals surface area contributed by atoms with Gasteiger partial charge in [0.2, 0.25) is 0 Å². The van der Waals surface area contributed by atoms with Gasteiger partial charge in [-0.1, -0.05) is 18.2 Å². The van der Waals surface area contributed by atoms with Crippen LogP contribution in [-0.4, -0.2) is 27.4 Å². The van der Waals surface area contributed by atoms with Crippen LogP contribution in [0.4, 0.5) is 19.3 Å². The number of anilines is 1. The van der Waals surface area contributed by atoms with E-state index in [1.165, 1.54) is 29.8 Å². The minimum absolute atomic E-state index is 0.196. The summed E-state index contributed by atoms with van der Waals surface area (Å²) in [6, 6.07) is 15.1. The first kappa shape index (κ1) is 19.5. The fraction of sp³-hybridized carbons (Fsp3) is 0.115. The minimum Gasteiger partial charge on any atom is -0.360 e. The number of nitrogens with zero attached hydrogens (tertiary/aromatic N) is 1. The third-order valence-electron chi connectivity index (χ3n) is 6.37. The molecule has 164 valence electrons. The summed E-state index contributed by atoms with van der Waals surface area (Å²) >= 11 is 0. The van der Waals surface area contributed by atoms with Gasteiger partial charge in [0.05, 0.1) is 11.2 Å². The molecule has 0 fully saturated rings. The molecule has 1 aliphatic heterocycles. The molecule has 0 aliphatic carbocycles. The standard InChI is InChI=1S/C26H20F2N4O/c27-16-4-6-20-22(12-29-23(20)10-16)19-3-1-2-15-14-32(9-8-18(15)19)26(33)31-25-13-30-24-11-17(28)5-7-21(24)25/h1-7,10-13,29-30H,8-9,14H2,(H,31,33). The summed E-state index contributed by atoms with van der Waals surface area (Å²) in [7, 11) is 0. The zero-order valence-corrected chi connectivity index (χ0v) is 17.6. The highest BCUT2D eigenvalue weighted by atomic mass is 19.1. The number of aromatic nitrogens is 2. The van der Waals surface area contributed by atoms with Crippen molar-refractivity contribution in [3.05, 3.63) is 89.8 Å². The number of rotatable bonds is 2. The first-order valence-corrected chi connectivity index (χ1v) is 10.8. The van der Waals surface area contributed by atoms with E-state index in [9.17, 15) is 13.6 Å². The quantitative estimate of drug-likeness (QED) is 0.300. The van der Waals surface area contributed by atoms with Crippen LogP contribution in [0.2, 0.25) is 0 Å². The molecule has 7 heteroatoms. The van der Waals surface area contributed by atoms with Crippen LogP contribution in [0.15, 0.2) is 67.0 Å². The summed E-state index contributed by atoms with van der Waals surface area (Å²) in [6.45, 7) is 1.06. The van der Waals surface area contributed by atoms with Gasteiger partial charge in [-0.25, -0.2) is 13.6 Å². The summed E-state index contributed by atoms with van der Waals surface area (Å²) in [4.78, 5) is 20.9. The number of amides is 2. The molecule has 0 saturated carbocycles. The van der Waals surface area contributed by atoms with Gasteiger partial charge in [-0.3, -0.25) is 0 Å². The maximum absolute atomic E-state index is 13.6. The van der Waals surface area contributed by atoms with Gasteiger partial charge in [0.25, 0.3) is 0 Å². The molecule has 0 spiro atoms. The van der Waals surface area contributed by atoms with Crippen LogP contribution in [-0.2, 0) is 13.0 Å². The van der Waals surface area contributed by atoms with Gasteiger partial charge in [0.15, 0.2) is 0 Å². The molecule has 5 aromatic rings. The first-order chi connectivity index (χ1) is 16.1. The van der Waals surface area contributed by atoms with Gasteiger partial charge in [-0.05, 0) is 59.5 Å². The molecule has 3 N–H and O–H groups in total. The van der Waals surface area contributed by atoms with Crippen molar-refractivity contribution in [2.24, 2.45) is 0 Å². The van der Waals surface area contributed by atoms with Crippen molar-refractivity contribution in [2.45, 2.75) is 13.0 Å². The Kier molecular flexibility index (Phi) is 4.43. The van der Waals surface area contributed by atoms with Gasteiger partial charge in [0.1, 0.15) is 11.6 Å². The lowest BCUT2D eigenvalue weighted by Crippen LogP contribution is -2.39. The Bertz CT molecular complexity index is 1530. The largest absolute Gasteiger partial charge is 0.360 e. The van der Waals surface area contributed by atoms with Crippen molar-refractivity contribution >= 4 is 33.5 Å². The number of carbonyl (C=O) groups excluding carboxylic acids is 1. The second kappa shape index (κ2) is 7.48. The molecular formula is C26H20F2N4O. The summed E-state index contributed by atoms with van der Waals surface area (Å²) < 4.78 is 27.0. The number of aromatic amines is 2. The smallest absolute Gasteiger partial charge is 0.322 e. The van der Waals surface area contributed by atoms with Crippen molar-refractivity contribution in [2.75, 3.05) is 11.9 Å². The van der Waals surface area contributed by atoms with Gasteiger partial charge in [-0.15, -0.1) is 0 Å². The van der Waals surface area contributed by atoms with Crippen LogP contribution >= 0.6 is 0 Å². The van der Waals surface area contributed by atoms with Crippen molar-refractivity contribution < 1.29 is 13.6 Å². The van der Waals surface area contributed by atoms with Gasteiger partial charge in [0, 0.05) is 47.3 Å². The molecule has 5 nitrogen and oxygen atoms in total. The molecule has 1 aliphatic rings. The molecule has 3 aromatic carbocycles. The molecule has 3 heterocycles. The number of hydrogen-bond donors (Lipinski definition) is 3. The molecule has 33 heavy (non-hydrogen) atoms. The maximum atomic E-state index is 13.6. The number of carbonyl (C=O) groups is 1. The Labute approximate surface area is 188 Å². The molecule has 0 radical (unpaired) electrons. The van der Waals surface area contributed by atoms with Gasteiger partial charge in [-0.2, -0.15) is 0 Å². The van der Waals surface area contributed by atoms with Crippen LogP contribution in [0.25, 0.3) is 32.9 Å². The number of fused-ring (bicyclic) bond motifs is 3. The molecule has 0 bridgehead atoms. The van der Waals surface area contributed by atoms with Gasteiger partial charge < -0.3 is 20.2 Å². The van der Waals surface area contributed by atoms with E-state index >= 15 is 0 Å². The lowest BCUT2D eigenvalue weighted by Gasteiger charge is -2.30. The third-order valence-corrected chi connectivity index (χ3v) is 6.37. The Morgan fingerprint density at radius 2 is 1.61 bits per heavy atom. The van der Waals surface area contributed by atoms with E-state index in [2.05, 4.69) is 21.4 Å². The Morgan fingerprint density at radius 1 is 0.879 bits per heavy atom. The normalized spacial score (nSPS) is 13.5. The van der Waals surface area contributed by atoms with E-state index in [1.54, 1.807) is 23.2 Å². The highest BCUT2D eigenvalue weighted by Gasteiger charge is 2.24. The molecule has 2 aromatic heterocycles. The second-order valence-corrected chi connectivity index (χ2v) is 8.33. The van der Waals surface area contributed by atoms with E-state index in [1.807, 2.05) is 18.3 Å². The summed E-state index contributed by atoms with van der Waals surface area (Å²) in [5.41, 5.74) is 6.45.